The summed E-state index contributed by atoms with van der Waals surface area (Å²) in [6.45, 7) is 4.71. The van der Waals surface area contributed by atoms with Gasteiger partial charge in [-0.15, -0.1) is 11.3 Å². The number of thiophene rings is 1. The molecule has 1 heterocycles. The van der Waals surface area contributed by atoms with Gasteiger partial charge in [0.15, 0.2) is 0 Å². The highest BCUT2D eigenvalue weighted by atomic mass is 32.1. The van der Waals surface area contributed by atoms with Crippen LogP contribution in [0.3, 0.4) is 0 Å². The Balaban J connectivity index is 1.17. The van der Waals surface area contributed by atoms with E-state index in [1.807, 2.05) is 11.3 Å². The highest BCUT2D eigenvalue weighted by molar-refractivity contribution is 7.26. The molecule has 9 aromatic rings. The number of anilines is 3. The Morgan fingerprint density at radius 1 is 0.412 bits per heavy atom. The van der Waals surface area contributed by atoms with Crippen LogP contribution < -0.4 is 4.90 Å². The zero-order valence-electron chi connectivity index (χ0n) is 28.6. The van der Waals surface area contributed by atoms with Crippen LogP contribution in [-0.4, -0.2) is 0 Å². The summed E-state index contributed by atoms with van der Waals surface area (Å²) in [5, 5.41) is 5.28. The highest BCUT2D eigenvalue weighted by Crippen LogP contribution is 2.55. The van der Waals surface area contributed by atoms with Crippen molar-refractivity contribution in [3.05, 3.63) is 187 Å². The van der Waals surface area contributed by atoms with Crippen LogP contribution in [0.25, 0.3) is 64.3 Å². The first-order valence-corrected chi connectivity index (χ1v) is 18.5. The lowest BCUT2D eigenvalue weighted by atomic mass is 9.82. The SMILES string of the molecule is CC1(C)c2ccccc2-c2c(N(c3ccc(-c4cccc5c4ccc4c6ccccc6sc54)cc3)c3ccccc3-c3ccccc3)cccc21. The maximum atomic E-state index is 2.48. The molecule has 242 valence electrons. The zero-order valence-corrected chi connectivity index (χ0v) is 29.4. The molecule has 8 aromatic carbocycles. The minimum Gasteiger partial charge on any atom is -0.309 e. The van der Waals surface area contributed by atoms with Crippen LogP contribution in [0.15, 0.2) is 176 Å². The van der Waals surface area contributed by atoms with Crippen molar-refractivity contribution in [1.82, 2.24) is 0 Å². The van der Waals surface area contributed by atoms with E-state index in [-0.39, 0.29) is 5.41 Å². The van der Waals surface area contributed by atoms with Crippen LogP contribution in [0.2, 0.25) is 0 Å². The monoisotopic (exact) mass is 669 g/mol. The molecule has 0 aliphatic heterocycles. The van der Waals surface area contributed by atoms with E-state index in [1.165, 1.54) is 81.1 Å². The van der Waals surface area contributed by atoms with Crippen molar-refractivity contribution in [3.63, 3.8) is 0 Å². The predicted molar refractivity (Wildman–Crippen MR) is 220 cm³/mol. The molecule has 0 saturated carbocycles. The van der Waals surface area contributed by atoms with E-state index in [1.54, 1.807) is 0 Å². The standard InChI is InChI=1S/C49H35NS/c1-49(2)42-21-9-6-18-41(42)47-43(49)22-13-24-45(47)50(44-23-10-7-16-36(44)32-14-4-3-5-15-32)34-28-26-33(27-29-34)35-19-12-20-39-37(35)30-31-40-38-17-8-11-25-46(38)51-48(39)40/h3-31H,1-2H3. The molecule has 0 bridgehead atoms. The molecule has 0 amide bonds. The smallest absolute Gasteiger partial charge is 0.0543 e. The first-order chi connectivity index (χ1) is 25.1. The van der Waals surface area contributed by atoms with E-state index < -0.39 is 0 Å². The number of rotatable bonds is 5. The van der Waals surface area contributed by atoms with Gasteiger partial charge in [0.05, 0.1) is 11.4 Å². The third kappa shape index (κ3) is 4.60. The molecular formula is C49H35NS. The molecule has 1 nitrogen and oxygen atoms in total. The molecule has 0 saturated heterocycles. The second-order valence-electron chi connectivity index (χ2n) is 14.1. The van der Waals surface area contributed by atoms with E-state index in [9.17, 15) is 0 Å². The number of benzene rings is 8. The van der Waals surface area contributed by atoms with Crippen molar-refractivity contribution in [1.29, 1.82) is 0 Å². The fourth-order valence-electron chi connectivity index (χ4n) is 8.44. The van der Waals surface area contributed by atoms with Gasteiger partial charge in [-0.05, 0) is 69.1 Å². The largest absolute Gasteiger partial charge is 0.309 e. The Morgan fingerprint density at radius 3 is 1.86 bits per heavy atom. The maximum Gasteiger partial charge on any atom is 0.0543 e. The van der Waals surface area contributed by atoms with Gasteiger partial charge < -0.3 is 4.90 Å². The summed E-state index contributed by atoms with van der Waals surface area (Å²) >= 11 is 1.89. The van der Waals surface area contributed by atoms with Crippen LogP contribution in [0.4, 0.5) is 17.1 Å². The van der Waals surface area contributed by atoms with Crippen molar-refractivity contribution in [2.45, 2.75) is 19.3 Å². The average molecular weight is 670 g/mol. The fraction of sp³-hybridized carbons (Fsp3) is 0.0612. The lowest BCUT2D eigenvalue weighted by Gasteiger charge is -2.30. The quantitative estimate of drug-likeness (QED) is 0.176. The Kier molecular flexibility index (Phi) is 6.78. The molecular weight excluding hydrogens is 635 g/mol. The summed E-state index contributed by atoms with van der Waals surface area (Å²) < 4.78 is 2.70. The fourth-order valence-corrected chi connectivity index (χ4v) is 9.67. The van der Waals surface area contributed by atoms with Gasteiger partial charge in [0.25, 0.3) is 0 Å². The van der Waals surface area contributed by atoms with Crippen molar-refractivity contribution >= 4 is 59.3 Å². The molecule has 0 unspecified atom stereocenters. The first kappa shape index (κ1) is 29.9. The minimum absolute atomic E-state index is 0.0927. The van der Waals surface area contributed by atoms with Crippen molar-refractivity contribution in [3.8, 4) is 33.4 Å². The molecule has 10 rings (SSSR count). The average Bonchev–Trinajstić information content (AvgIpc) is 3.68. The van der Waals surface area contributed by atoms with Crippen LogP contribution >= 0.6 is 11.3 Å². The molecule has 0 fully saturated rings. The normalized spacial score (nSPS) is 13.1. The highest BCUT2D eigenvalue weighted by Gasteiger charge is 2.37. The van der Waals surface area contributed by atoms with Crippen molar-refractivity contribution < 1.29 is 0 Å². The summed E-state index contributed by atoms with van der Waals surface area (Å²) in [6, 6.07) is 64.7. The summed E-state index contributed by atoms with van der Waals surface area (Å²) in [5.74, 6) is 0. The lowest BCUT2D eigenvalue weighted by molar-refractivity contribution is 0.660. The summed E-state index contributed by atoms with van der Waals surface area (Å²) in [6.07, 6.45) is 0. The molecule has 0 spiro atoms. The van der Waals surface area contributed by atoms with Gasteiger partial charge in [0, 0.05) is 47.8 Å². The van der Waals surface area contributed by atoms with E-state index in [0.717, 1.165) is 11.4 Å². The number of hydrogen-bond donors (Lipinski definition) is 0. The van der Waals surface area contributed by atoms with Crippen LogP contribution in [0, 0.1) is 0 Å². The van der Waals surface area contributed by atoms with Gasteiger partial charge in [0.1, 0.15) is 0 Å². The van der Waals surface area contributed by atoms with E-state index in [4.69, 9.17) is 0 Å². The second-order valence-corrected chi connectivity index (χ2v) is 15.1. The van der Waals surface area contributed by atoms with Gasteiger partial charge in [-0.1, -0.05) is 159 Å². The lowest BCUT2D eigenvalue weighted by Crippen LogP contribution is -2.16. The molecule has 0 radical (unpaired) electrons. The van der Waals surface area contributed by atoms with Gasteiger partial charge in [0.2, 0.25) is 0 Å². The topological polar surface area (TPSA) is 3.24 Å². The molecule has 0 atom stereocenters. The minimum atomic E-state index is -0.0927. The van der Waals surface area contributed by atoms with Gasteiger partial charge >= 0.3 is 0 Å². The summed E-state index contributed by atoms with van der Waals surface area (Å²) in [4.78, 5) is 2.48. The molecule has 0 N–H and O–H groups in total. The Labute approximate surface area is 302 Å². The molecule has 1 aliphatic rings. The number of hydrogen-bond acceptors (Lipinski definition) is 2. The summed E-state index contributed by atoms with van der Waals surface area (Å²) in [5.41, 5.74) is 13.6. The van der Waals surface area contributed by atoms with Crippen LogP contribution in [0.1, 0.15) is 25.0 Å². The molecule has 51 heavy (non-hydrogen) atoms. The van der Waals surface area contributed by atoms with Crippen molar-refractivity contribution in [2.24, 2.45) is 0 Å². The van der Waals surface area contributed by atoms with Crippen LogP contribution in [0.5, 0.6) is 0 Å². The van der Waals surface area contributed by atoms with Crippen LogP contribution in [-0.2, 0) is 5.41 Å². The third-order valence-electron chi connectivity index (χ3n) is 10.9. The molecule has 1 aromatic heterocycles. The Hall–Kier alpha value is -5.96. The number of fused-ring (bicyclic) bond motifs is 8. The Bertz CT molecular complexity index is 2770. The predicted octanol–water partition coefficient (Wildman–Crippen LogP) is 14.3. The van der Waals surface area contributed by atoms with Gasteiger partial charge in [-0.2, -0.15) is 0 Å². The summed E-state index contributed by atoms with van der Waals surface area (Å²) in [7, 11) is 0. The number of para-hydroxylation sites is 1. The van der Waals surface area contributed by atoms with E-state index in [0.29, 0.717) is 0 Å². The van der Waals surface area contributed by atoms with Gasteiger partial charge in [-0.3, -0.25) is 0 Å². The molecule has 2 heteroatoms. The number of nitrogens with zero attached hydrogens (tertiary/aromatic N) is 1. The van der Waals surface area contributed by atoms with Gasteiger partial charge in [-0.25, -0.2) is 0 Å². The van der Waals surface area contributed by atoms with E-state index >= 15 is 0 Å². The zero-order chi connectivity index (χ0) is 34.1. The second kappa shape index (κ2) is 11.6. The first-order valence-electron chi connectivity index (χ1n) is 17.7. The van der Waals surface area contributed by atoms with E-state index in [2.05, 4.69) is 195 Å². The third-order valence-corrected chi connectivity index (χ3v) is 12.1. The molecule has 1 aliphatic carbocycles. The Morgan fingerprint density at radius 2 is 1.00 bits per heavy atom. The maximum absolute atomic E-state index is 2.48. The van der Waals surface area contributed by atoms with Crippen molar-refractivity contribution in [2.75, 3.05) is 4.90 Å².